The van der Waals surface area contributed by atoms with Gasteiger partial charge in [0.1, 0.15) is 0 Å². The van der Waals surface area contributed by atoms with Gasteiger partial charge in [-0.2, -0.15) is 0 Å². The van der Waals surface area contributed by atoms with E-state index in [9.17, 15) is 13.2 Å². The molecule has 0 aromatic heterocycles. The molecule has 132 valence electrons. The van der Waals surface area contributed by atoms with Crippen LogP contribution in [0.15, 0.2) is 30.3 Å². The predicted molar refractivity (Wildman–Crippen MR) is 94.0 cm³/mol. The Labute approximate surface area is 144 Å². The molecule has 2 aliphatic rings. The van der Waals surface area contributed by atoms with Crippen molar-refractivity contribution in [2.45, 2.75) is 32.1 Å². The highest BCUT2D eigenvalue weighted by Crippen LogP contribution is 2.40. The number of benzene rings is 1. The second-order valence-corrected chi connectivity index (χ2v) is 9.09. The van der Waals surface area contributed by atoms with Crippen LogP contribution in [0, 0.1) is 5.41 Å². The lowest BCUT2D eigenvalue weighted by Gasteiger charge is -2.39. The smallest absolute Gasteiger partial charge is 0.230 e. The summed E-state index contributed by atoms with van der Waals surface area (Å²) in [5.74, 6) is 0.160. The van der Waals surface area contributed by atoms with E-state index in [0.717, 1.165) is 38.8 Å². The van der Waals surface area contributed by atoms with Crippen LogP contribution >= 0.6 is 0 Å². The average Bonchev–Trinajstić information content (AvgIpc) is 2.98. The third-order valence-electron chi connectivity index (χ3n) is 5.35. The zero-order valence-electron chi connectivity index (χ0n) is 14.3. The van der Waals surface area contributed by atoms with Gasteiger partial charge in [0.05, 0.1) is 11.7 Å². The summed E-state index contributed by atoms with van der Waals surface area (Å²) in [6.45, 7) is 2.39. The van der Waals surface area contributed by atoms with Gasteiger partial charge in [0.25, 0.3) is 0 Å². The zero-order chi connectivity index (χ0) is 17.2. The summed E-state index contributed by atoms with van der Waals surface area (Å²) >= 11 is 0. The van der Waals surface area contributed by atoms with E-state index in [2.05, 4.69) is 12.1 Å². The molecule has 0 N–H and O–H groups in total. The minimum absolute atomic E-state index is 0.160. The molecule has 2 heterocycles. The summed E-state index contributed by atoms with van der Waals surface area (Å²) < 4.78 is 25.0. The second-order valence-electron chi connectivity index (χ2n) is 7.11. The maximum Gasteiger partial charge on any atom is 0.230 e. The van der Waals surface area contributed by atoms with Crippen molar-refractivity contribution in [2.75, 3.05) is 32.4 Å². The summed E-state index contributed by atoms with van der Waals surface area (Å²) in [6, 6.07) is 10.3. The molecular weight excluding hydrogens is 324 g/mol. The van der Waals surface area contributed by atoms with Gasteiger partial charge < -0.3 is 4.90 Å². The molecule has 0 radical (unpaired) electrons. The molecule has 1 amide bonds. The number of likely N-dealkylation sites (tertiary alicyclic amines) is 1. The predicted octanol–water partition coefficient (Wildman–Crippen LogP) is 1.89. The van der Waals surface area contributed by atoms with E-state index in [1.807, 2.05) is 23.1 Å². The molecule has 24 heavy (non-hydrogen) atoms. The van der Waals surface area contributed by atoms with Gasteiger partial charge in [-0.25, -0.2) is 12.7 Å². The Morgan fingerprint density at radius 3 is 2.54 bits per heavy atom. The van der Waals surface area contributed by atoms with Crippen LogP contribution in [0.5, 0.6) is 0 Å². The van der Waals surface area contributed by atoms with Gasteiger partial charge >= 0.3 is 0 Å². The van der Waals surface area contributed by atoms with E-state index in [0.29, 0.717) is 19.5 Å². The highest BCUT2D eigenvalue weighted by atomic mass is 32.2. The Balaban J connectivity index is 1.59. The number of rotatable bonds is 5. The number of amides is 1. The van der Waals surface area contributed by atoms with Crippen LogP contribution < -0.4 is 0 Å². The standard InChI is InChI=1S/C18H26N2O3S/c1-24(22,23)20-14-11-18(15-20)10-6-13-19(17(18)21)12-5-9-16-7-3-2-4-8-16/h2-4,7-8H,5-6,9-15H2,1H3/t18-/m1/s1. The highest BCUT2D eigenvalue weighted by Gasteiger charge is 2.49. The van der Waals surface area contributed by atoms with Crippen LogP contribution in [0.2, 0.25) is 0 Å². The Morgan fingerprint density at radius 2 is 1.88 bits per heavy atom. The minimum Gasteiger partial charge on any atom is -0.342 e. The number of hydrogen-bond acceptors (Lipinski definition) is 3. The van der Waals surface area contributed by atoms with Crippen LogP contribution in [0.25, 0.3) is 0 Å². The van der Waals surface area contributed by atoms with Crippen LogP contribution in [0.1, 0.15) is 31.2 Å². The Kier molecular flexibility index (Phi) is 4.97. The Hall–Kier alpha value is -1.40. The van der Waals surface area contributed by atoms with Crippen molar-refractivity contribution < 1.29 is 13.2 Å². The van der Waals surface area contributed by atoms with Gasteiger partial charge in [-0.3, -0.25) is 4.79 Å². The molecule has 1 atom stereocenters. The molecule has 0 bridgehead atoms. The number of carbonyl (C=O) groups excluding carboxylic acids is 1. The van der Waals surface area contributed by atoms with Crippen molar-refractivity contribution in [1.29, 1.82) is 0 Å². The van der Waals surface area contributed by atoms with Gasteiger partial charge in [0, 0.05) is 26.2 Å². The van der Waals surface area contributed by atoms with Crippen molar-refractivity contribution >= 4 is 15.9 Å². The maximum absolute atomic E-state index is 13.0. The van der Waals surface area contributed by atoms with Gasteiger partial charge in [0.15, 0.2) is 0 Å². The Morgan fingerprint density at radius 1 is 1.12 bits per heavy atom. The number of piperidine rings is 1. The number of sulfonamides is 1. The normalized spacial score (nSPS) is 25.5. The van der Waals surface area contributed by atoms with Crippen LogP contribution in [-0.2, 0) is 21.2 Å². The number of hydrogen-bond donors (Lipinski definition) is 0. The third-order valence-corrected chi connectivity index (χ3v) is 6.60. The summed E-state index contributed by atoms with van der Waals surface area (Å²) in [5.41, 5.74) is 0.814. The molecule has 1 aromatic carbocycles. The van der Waals surface area contributed by atoms with Crippen LogP contribution in [-0.4, -0.2) is 56.0 Å². The average molecular weight is 350 g/mol. The lowest BCUT2D eigenvalue weighted by atomic mass is 9.78. The molecule has 0 saturated carbocycles. The fraction of sp³-hybridized carbons (Fsp3) is 0.611. The summed E-state index contributed by atoms with van der Waals surface area (Å²) in [4.78, 5) is 14.9. The van der Waals surface area contributed by atoms with E-state index in [1.165, 1.54) is 16.1 Å². The maximum atomic E-state index is 13.0. The van der Waals surface area contributed by atoms with Gasteiger partial charge in [-0.15, -0.1) is 0 Å². The van der Waals surface area contributed by atoms with Crippen molar-refractivity contribution in [3.8, 4) is 0 Å². The summed E-state index contributed by atoms with van der Waals surface area (Å²) in [5, 5.41) is 0. The molecule has 0 unspecified atom stereocenters. The van der Waals surface area contributed by atoms with Crippen molar-refractivity contribution in [3.63, 3.8) is 0 Å². The van der Waals surface area contributed by atoms with Crippen molar-refractivity contribution in [3.05, 3.63) is 35.9 Å². The lowest BCUT2D eigenvalue weighted by molar-refractivity contribution is -0.145. The Bertz CT molecular complexity index is 689. The second kappa shape index (κ2) is 6.84. The first-order chi connectivity index (χ1) is 11.4. The minimum atomic E-state index is -3.21. The van der Waals surface area contributed by atoms with Gasteiger partial charge in [-0.1, -0.05) is 30.3 Å². The van der Waals surface area contributed by atoms with Crippen molar-refractivity contribution in [2.24, 2.45) is 5.41 Å². The molecule has 6 heteroatoms. The fourth-order valence-electron chi connectivity index (χ4n) is 3.98. The lowest BCUT2D eigenvalue weighted by Crippen LogP contribution is -2.50. The highest BCUT2D eigenvalue weighted by molar-refractivity contribution is 7.88. The molecule has 2 saturated heterocycles. The summed E-state index contributed by atoms with van der Waals surface area (Å²) in [7, 11) is -3.21. The van der Waals surface area contributed by atoms with E-state index < -0.39 is 15.4 Å². The first kappa shape index (κ1) is 17.4. The van der Waals surface area contributed by atoms with Crippen LogP contribution in [0.4, 0.5) is 0 Å². The number of carbonyl (C=O) groups is 1. The molecular formula is C18H26N2O3S. The monoisotopic (exact) mass is 350 g/mol. The SMILES string of the molecule is CS(=O)(=O)N1CC[C@]2(CCCN(CCCc3ccccc3)C2=O)C1. The zero-order valence-corrected chi connectivity index (χ0v) is 15.1. The summed E-state index contributed by atoms with van der Waals surface area (Å²) in [6.07, 6.45) is 5.58. The van der Waals surface area contributed by atoms with E-state index in [1.54, 1.807) is 0 Å². The molecule has 0 aliphatic carbocycles. The topological polar surface area (TPSA) is 57.7 Å². The molecule has 1 spiro atoms. The first-order valence-electron chi connectivity index (χ1n) is 8.69. The quantitative estimate of drug-likeness (QED) is 0.815. The number of aryl methyl sites for hydroxylation is 1. The number of nitrogens with zero attached hydrogens (tertiary/aromatic N) is 2. The molecule has 3 rings (SSSR count). The molecule has 5 nitrogen and oxygen atoms in total. The van der Waals surface area contributed by atoms with Gasteiger partial charge in [-0.05, 0) is 37.7 Å². The third kappa shape index (κ3) is 3.64. The first-order valence-corrected chi connectivity index (χ1v) is 10.5. The molecule has 2 aliphatic heterocycles. The molecule has 2 fully saturated rings. The fourth-order valence-corrected chi connectivity index (χ4v) is 4.88. The van der Waals surface area contributed by atoms with Crippen molar-refractivity contribution in [1.82, 2.24) is 9.21 Å². The van der Waals surface area contributed by atoms with E-state index in [-0.39, 0.29) is 5.91 Å². The van der Waals surface area contributed by atoms with Gasteiger partial charge in [0.2, 0.25) is 15.9 Å². The van der Waals surface area contributed by atoms with E-state index >= 15 is 0 Å². The van der Waals surface area contributed by atoms with E-state index in [4.69, 9.17) is 0 Å². The molecule has 1 aromatic rings. The largest absolute Gasteiger partial charge is 0.342 e. The van der Waals surface area contributed by atoms with Crippen LogP contribution in [0.3, 0.4) is 0 Å².